The first kappa shape index (κ1) is 18.1. The smallest absolute Gasteiger partial charge is 0.274 e. The lowest BCUT2D eigenvalue weighted by Gasteiger charge is -2.18. The number of nitrogens with one attached hydrogen (secondary N) is 2. The summed E-state index contributed by atoms with van der Waals surface area (Å²) in [5.41, 5.74) is 1.46. The molecule has 0 aliphatic carbocycles. The molecule has 0 radical (unpaired) electrons. The van der Waals surface area contributed by atoms with Crippen molar-refractivity contribution in [3.63, 3.8) is 0 Å². The van der Waals surface area contributed by atoms with Crippen LogP contribution in [0.3, 0.4) is 0 Å². The molecule has 0 unspecified atom stereocenters. The molecule has 0 fully saturated rings. The number of carbonyl (C=O) groups excluding carboxylic acids is 1. The monoisotopic (exact) mass is 373 g/mol. The standard InChI is InChI=1S/C17H20ClN7O/c1-9(2)14(16-19-11(4)21-22-16)20-17(26)15-10(3)23-25(24-15)13-7-5-6-12(18)8-13/h5-9,14H,1-4H3,(H,20,26)(H,19,21,22)/t14-/m0/s1. The van der Waals surface area contributed by atoms with Gasteiger partial charge in [-0.25, -0.2) is 4.98 Å². The lowest BCUT2D eigenvalue weighted by Crippen LogP contribution is -2.33. The van der Waals surface area contributed by atoms with Crippen molar-refractivity contribution in [1.82, 2.24) is 35.5 Å². The topological polar surface area (TPSA) is 101 Å². The molecule has 0 bridgehead atoms. The number of hydrogen-bond acceptors (Lipinski definition) is 5. The fourth-order valence-electron chi connectivity index (χ4n) is 2.54. The maximum atomic E-state index is 12.8. The summed E-state index contributed by atoms with van der Waals surface area (Å²) in [4.78, 5) is 18.5. The molecular formula is C17H20ClN7O. The highest BCUT2D eigenvalue weighted by Gasteiger charge is 2.25. The number of carbonyl (C=O) groups is 1. The number of aromatic nitrogens is 6. The van der Waals surface area contributed by atoms with Gasteiger partial charge < -0.3 is 5.32 Å². The molecule has 0 saturated carbocycles. The van der Waals surface area contributed by atoms with Crippen molar-refractivity contribution in [2.24, 2.45) is 5.92 Å². The number of rotatable bonds is 5. The molecule has 0 spiro atoms. The SMILES string of the molecule is Cc1nc([C@@H](NC(=O)c2nn(-c3cccc(Cl)c3)nc2C)C(C)C)n[nH]1. The summed E-state index contributed by atoms with van der Waals surface area (Å²) in [7, 11) is 0. The van der Waals surface area contributed by atoms with Crippen molar-refractivity contribution in [2.45, 2.75) is 33.7 Å². The van der Waals surface area contributed by atoms with Crippen LogP contribution in [0.15, 0.2) is 24.3 Å². The third kappa shape index (κ3) is 3.75. The largest absolute Gasteiger partial charge is 0.340 e. The van der Waals surface area contributed by atoms with E-state index in [2.05, 4.69) is 30.7 Å². The van der Waals surface area contributed by atoms with E-state index in [0.29, 0.717) is 28.1 Å². The summed E-state index contributed by atoms with van der Waals surface area (Å²) in [5, 5.41) is 19.1. The molecule has 9 heteroatoms. The lowest BCUT2D eigenvalue weighted by atomic mass is 10.0. The Morgan fingerprint density at radius 1 is 1.27 bits per heavy atom. The Balaban J connectivity index is 1.85. The molecular weight excluding hydrogens is 354 g/mol. The van der Waals surface area contributed by atoms with E-state index < -0.39 is 0 Å². The van der Waals surface area contributed by atoms with E-state index in [1.54, 1.807) is 25.1 Å². The predicted octanol–water partition coefficient (Wildman–Crippen LogP) is 2.78. The summed E-state index contributed by atoms with van der Waals surface area (Å²) in [6, 6.07) is 6.79. The van der Waals surface area contributed by atoms with Crippen molar-refractivity contribution in [3.05, 3.63) is 52.3 Å². The zero-order valence-electron chi connectivity index (χ0n) is 15.0. The quantitative estimate of drug-likeness (QED) is 0.716. The average molecular weight is 374 g/mol. The van der Waals surface area contributed by atoms with Crippen LogP contribution in [0.2, 0.25) is 5.02 Å². The summed E-state index contributed by atoms with van der Waals surface area (Å²) in [6.07, 6.45) is 0. The lowest BCUT2D eigenvalue weighted by molar-refractivity contribution is 0.0917. The molecule has 8 nitrogen and oxygen atoms in total. The molecule has 136 valence electrons. The van der Waals surface area contributed by atoms with E-state index in [1.165, 1.54) is 4.80 Å². The van der Waals surface area contributed by atoms with Gasteiger partial charge in [0.05, 0.1) is 17.4 Å². The molecule has 0 aliphatic heterocycles. The fraction of sp³-hybridized carbons (Fsp3) is 0.353. The number of nitrogens with zero attached hydrogens (tertiary/aromatic N) is 5. The van der Waals surface area contributed by atoms with Crippen LogP contribution < -0.4 is 5.32 Å². The van der Waals surface area contributed by atoms with Crippen LogP contribution in [-0.2, 0) is 0 Å². The molecule has 2 N–H and O–H groups in total. The fourth-order valence-corrected chi connectivity index (χ4v) is 2.73. The first-order valence-electron chi connectivity index (χ1n) is 8.25. The molecule has 1 aromatic carbocycles. The number of hydrogen-bond donors (Lipinski definition) is 2. The third-order valence-corrected chi connectivity index (χ3v) is 4.12. The first-order chi connectivity index (χ1) is 12.3. The van der Waals surface area contributed by atoms with Gasteiger partial charge in [-0.15, -0.1) is 5.10 Å². The minimum atomic E-state index is -0.330. The average Bonchev–Trinajstić information content (AvgIpc) is 3.18. The van der Waals surface area contributed by atoms with E-state index in [9.17, 15) is 4.79 Å². The molecule has 2 aromatic heterocycles. The van der Waals surface area contributed by atoms with Crippen LogP contribution in [0.4, 0.5) is 0 Å². The molecule has 0 aliphatic rings. The minimum Gasteiger partial charge on any atom is -0.340 e. The van der Waals surface area contributed by atoms with Gasteiger partial charge in [-0.2, -0.15) is 15.0 Å². The minimum absolute atomic E-state index is 0.109. The highest BCUT2D eigenvalue weighted by Crippen LogP contribution is 2.19. The molecule has 1 atom stereocenters. The Hall–Kier alpha value is -2.74. The number of benzene rings is 1. The number of aryl methyl sites for hydroxylation is 2. The van der Waals surface area contributed by atoms with E-state index >= 15 is 0 Å². The second kappa shape index (κ2) is 7.25. The Morgan fingerprint density at radius 3 is 2.65 bits per heavy atom. The third-order valence-electron chi connectivity index (χ3n) is 3.88. The molecule has 26 heavy (non-hydrogen) atoms. The van der Waals surface area contributed by atoms with Crippen LogP contribution in [0.1, 0.15) is 47.7 Å². The number of amides is 1. The number of aromatic amines is 1. The van der Waals surface area contributed by atoms with Crippen molar-refractivity contribution >= 4 is 17.5 Å². The van der Waals surface area contributed by atoms with E-state index in [1.807, 2.05) is 26.8 Å². The van der Waals surface area contributed by atoms with Gasteiger partial charge in [-0.1, -0.05) is 31.5 Å². The molecule has 3 rings (SSSR count). The van der Waals surface area contributed by atoms with Crippen LogP contribution in [0.5, 0.6) is 0 Å². The molecule has 3 aromatic rings. The summed E-state index contributed by atoms with van der Waals surface area (Å²) >= 11 is 6.01. The van der Waals surface area contributed by atoms with E-state index in [0.717, 1.165) is 0 Å². The van der Waals surface area contributed by atoms with Crippen LogP contribution in [0, 0.1) is 19.8 Å². The van der Waals surface area contributed by atoms with Crippen LogP contribution in [-0.4, -0.2) is 36.1 Å². The second-order valence-electron chi connectivity index (χ2n) is 6.38. The second-order valence-corrected chi connectivity index (χ2v) is 6.81. The van der Waals surface area contributed by atoms with Crippen molar-refractivity contribution in [2.75, 3.05) is 0 Å². The van der Waals surface area contributed by atoms with Gasteiger partial charge in [0.15, 0.2) is 11.5 Å². The van der Waals surface area contributed by atoms with Crippen molar-refractivity contribution < 1.29 is 4.79 Å². The van der Waals surface area contributed by atoms with Gasteiger partial charge in [0.1, 0.15) is 5.82 Å². The molecule has 1 amide bonds. The first-order valence-corrected chi connectivity index (χ1v) is 8.62. The summed E-state index contributed by atoms with van der Waals surface area (Å²) in [5.74, 6) is 1.03. The molecule has 2 heterocycles. The Bertz CT molecular complexity index is 931. The maximum Gasteiger partial charge on any atom is 0.274 e. The van der Waals surface area contributed by atoms with E-state index in [4.69, 9.17) is 11.6 Å². The van der Waals surface area contributed by atoms with Crippen LogP contribution >= 0.6 is 11.6 Å². The van der Waals surface area contributed by atoms with Gasteiger partial charge in [0.2, 0.25) is 0 Å². The highest BCUT2D eigenvalue weighted by atomic mass is 35.5. The van der Waals surface area contributed by atoms with Gasteiger partial charge in [-0.05, 0) is 38.0 Å². The zero-order chi connectivity index (χ0) is 18.8. The Labute approximate surface area is 156 Å². The van der Waals surface area contributed by atoms with Crippen LogP contribution in [0.25, 0.3) is 5.69 Å². The zero-order valence-corrected chi connectivity index (χ0v) is 15.7. The van der Waals surface area contributed by atoms with E-state index in [-0.39, 0.29) is 23.6 Å². The summed E-state index contributed by atoms with van der Waals surface area (Å²) in [6.45, 7) is 7.54. The normalized spacial score (nSPS) is 12.4. The number of halogens is 1. The van der Waals surface area contributed by atoms with Gasteiger partial charge in [0.25, 0.3) is 5.91 Å². The Kier molecular flexibility index (Phi) is 5.03. The molecule has 0 saturated heterocycles. The van der Waals surface area contributed by atoms with Crippen molar-refractivity contribution in [1.29, 1.82) is 0 Å². The summed E-state index contributed by atoms with van der Waals surface area (Å²) < 4.78 is 0. The van der Waals surface area contributed by atoms with Crippen molar-refractivity contribution in [3.8, 4) is 5.69 Å². The predicted molar refractivity (Wildman–Crippen MR) is 97.3 cm³/mol. The van der Waals surface area contributed by atoms with Gasteiger partial charge >= 0.3 is 0 Å². The highest BCUT2D eigenvalue weighted by molar-refractivity contribution is 6.30. The number of H-pyrrole nitrogens is 1. The van der Waals surface area contributed by atoms with Gasteiger partial charge in [0, 0.05) is 5.02 Å². The van der Waals surface area contributed by atoms with Gasteiger partial charge in [-0.3, -0.25) is 9.89 Å². The Morgan fingerprint density at radius 2 is 2.04 bits per heavy atom. The maximum absolute atomic E-state index is 12.8.